The Kier molecular flexibility index (Phi) is 5.17. The summed E-state index contributed by atoms with van der Waals surface area (Å²) < 4.78 is 40.3. The van der Waals surface area contributed by atoms with Crippen LogP contribution in [0.15, 0.2) is 24.3 Å². The Bertz CT molecular complexity index is 430. The number of ether oxygens (including phenoxy) is 1. The Balaban J connectivity index is 2.90. The predicted molar refractivity (Wildman–Crippen MR) is 61.8 cm³/mol. The number of para-hydroxylation sites is 1. The van der Waals surface area contributed by atoms with E-state index in [1.165, 1.54) is 18.2 Å². The summed E-state index contributed by atoms with van der Waals surface area (Å²) in [5, 5.41) is 11.4. The summed E-state index contributed by atoms with van der Waals surface area (Å²) in [6.45, 7) is 1.45. The largest absolute Gasteiger partial charge is 0.573 e. The van der Waals surface area contributed by atoms with Gasteiger partial charge in [0.05, 0.1) is 18.2 Å². The van der Waals surface area contributed by atoms with Crippen LogP contribution in [0.1, 0.15) is 23.7 Å². The van der Waals surface area contributed by atoms with Crippen molar-refractivity contribution in [3.63, 3.8) is 0 Å². The third-order valence-corrected chi connectivity index (χ3v) is 2.41. The molecule has 0 saturated heterocycles. The highest BCUT2D eigenvalue weighted by Gasteiger charge is 2.32. The second-order valence-corrected chi connectivity index (χ2v) is 3.81. The molecule has 0 bridgehead atoms. The zero-order valence-corrected chi connectivity index (χ0v) is 10.2. The zero-order chi connectivity index (χ0) is 14.5. The molecule has 1 amide bonds. The Morgan fingerprint density at radius 3 is 2.58 bits per heavy atom. The van der Waals surface area contributed by atoms with Crippen LogP contribution in [-0.4, -0.2) is 30.0 Å². The summed E-state index contributed by atoms with van der Waals surface area (Å²) in [5.41, 5.74) is -0.230. The fourth-order valence-electron chi connectivity index (χ4n) is 1.41. The summed E-state index contributed by atoms with van der Waals surface area (Å²) in [6.07, 6.45) is -4.40. The quantitative estimate of drug-likeness (QED) is 0.866. The number of aliphatic hydroxyl groups is 1. The fourth-order valence-corrected chi connectivity index (χ4v) is 1.41. The molecule has 0 aromatic heterocycles. The van der Waals surface area contributed by atoms with Crippen molar-refractivity contribution < 1.29 is 27.8 Å². The van der Waals surface area contributed by atoms with Gasteiger partial charge >= 0.3 is 6.36 Å². The number of alkyl halides is 3. The van der Waals surface area contributed by atoms with Gasteiger partial charge < -0.3 is 15.2 Å². The van der Waals surface area contributed by atoms with Crippen LogP contribution in [0.25, 0.3) is 0 Å². The summed E-state index contributed by atoms with van der Waals surface area (Å²) in [7, 11) is 0. The van der Waals surface area contributed by atoms with Crippen LogP contribution in [0.2, 0.25) is 0 Å². The van der Waals surface area contributed by atoms with E-state index >= 15 is 0 Å². The van der Waals surface area contributed by atoms with Crippen molar-refractivity contribution in [1.29, 1.82) is 0 Å². The van der Waals surface area contributed by atoms with Crippen molar-refractivity contribution in [1.82, 2.24) is 5.32 Å². The molecule has 0 spiro atoms. The summed E-state index contributed by atoms with van der Waals surface area (Å²) in [6, 6.07) is 4.54. The van der Waals surface area contributed by atoms with Gasteiger partial charge in [0.1, 0.15) is 5.75 Å². The highest BCUT2D eigenvalue weighted by molar-refractivity contribution is 5.97. The Labute approximate surface area is 108 Å². The van der Waals surface area contributed by atoms with Gasteiger partial charge in [0.15, 0.2) is 0 Å². The first-order valence-electron chi connectivity index (χ1n) is 5.64. The molecule has 19 heavy (non-hydrogen) atoms. The molecule has 0 radical (unpaired) electrons. The normalized spacial score (nSPS) is 12.9. The molecule has 0 unspecified atom stereocenters. The number of halogens is 3. The maximum Gasteiger partial charge on any atom is 0.573 e. The van der Waals surface area contributed by atoms with Gasteiger partial charge in [-0.25, -0.2) is 0 Å². The maximum absolute atomic E-state index is 12.2. The summed E-state index contributed by atoms with van der Waals surface area (Å²) in [5.74, 6) is -1.29. The van der Waals surface area contributed by atoms with E-state index in [4.69, 9.17) is 5.11 Å². The van der Waals surface area contributed by atoms with Crippen molar-refractivity contribution in [3.8, 4) is 5.75 Å². The maximum atomic E-state index is 12.2. The smallest absolute Gasteiger partial charge is 0.405 e. The Morgan fingerprint density at radius 2 is 2.05 bits per heavy atom. The fraction of sp³-hybridized carbons (Fsp3) is 0.417. The topological polar surface area (TPSA) is 58.6 Å². The van der Waals surface area contributed by atoms with Gasteiger partial charge in [-0.2, -0.15) is 0 Å². The van der Waals surface area contributed by atoms with Crippen LogP contribution < -0.4 is 10.1 Å². The minimum Gasteiger partial charge on any atom is -0.405 e. The van der Waals surface area contributed by atoms with E-state index in [9.17, 15) is 18.0 Å². The first-order chi connectivity index (χ1) is 8.87. The lowest BCUT2D eigenvalue weighted by atomic mass is 10.1. The SMILES string of the molecule is CC[C@H](CO)NC(=O)c1ccccc1OC(F)(F)F. The van der Waals surface area contributed by atoms with Crippen LogP contribution in [0.5, 0.6) is 5.75 Å². The molecule has 1 aromatic rings. The average Bonchev–Trinajstić information content (AvgIpc) is 2.34. The monoisotopic (exact) mass is 277 g/mol. The van der Waals surface area contributed by atoms with Crippen molar-refractivity contribution in [3.05, 3.63) is 29.8 Å². The third kappa shape index (κ3) is 4.78. The van der Waals surface area contributed by atoms with E-state index in [2.05, 4.69) is 10.1 Å². The number of carbonyl (C=O) groups excluding carboxylic acids is 1. The average molecular weight is 277 g/mol. The minimum absolute atomic E-state index is 0.230. The lowest BCUT2D eigenvalue weighted by Gasteiger charge is -2.16. The molecule has 4 nitrogen and oxygen atoms in total. The number of hydrogen-bond donors (Lipinski definition) is 2. The summed E-state index contributed by atoms with van der Waals surface area (Å²) >= 11 is 0. The second kappa shape index (κ2) is 6.42. The first-order valence-corrected chi connectivity index (χ1v) is 5.64. The van der Waals surface area contributed by atoms with Crippen molar-refractivity contribution in [2.45, 2.75) is 25.7 Å². The molecule has 0 saturated carbocycles. The standard InChI is InChI=1S/C12H14F3NO3/c1-2-8(7-17)16-11(18)9-5-3-4-6-10(9)19-12(13,14)15/h3-6,8,17H,2,7H2,1H3,(H,16,18)/t8-/m1/s1. The number of amides is 1. The number of rotatable bonds is 5. The molecular formula is C12H14F3NO3. The molecule has 2 N–H and O–H groups in total. The van der Waals surface area contributed by atoms with E-state index in [1.54, 1.807) is 6.92 Å². The highest BCUT2D eigenvalue weighted by atomic mass is 19.4. The number of hydrogen-bond acceptors (Lipinski definition) is 3. The van der Waals surface area contributed by atoms with Crippen LogP contribution in [0.4, 0.5) is 13.2 Å². The molecule has 0 aliphatic heterocycles. The van der Waals surface area contributed by atoms with Crippen LogP contribution >= 0.6 is 0 Å². The Morgan fingerprint density at radius 1 is 1.42 bits per heavy atom. The first kappa shape index (κ1) is 15.3. The van der Waals surface area contributed by atoms with Crippen LogP contribution in [-0.2, 0) is 0 Å². The van der Waals surface area contributed by atoms with Gasteiger partial charge in [-0.3, -0.25) is 4.79 Å². The van der Waals surface area contributed by atoms with Crippen molar-refractivity contribution in [2.24, 2.45) is 0 Å². The highest BCUT2D eigenvalue weighted by Crippen LogP contribution is 2.26. The van der Waals surface area contributed by atoms with E-state index in [0.29, 0.717) is 6.42 Å². The molecule has 106 valence electrons. The molecule has 0 aliphatic carbocycles. The lowest BCUT2D eigenvalue weighted by Crippen LogP contribution is -2.37. The van der Waals surface area contributed by atoms with Crippen LogP contribution in [0, 0.1) is 0 Å². The number of aliphatic hydroxyl groups excluding tert-OH is 1. The van der Waals surface area contributed by atoms with E-state index in [-0.39, 0.29) is 12.2 Å². The van der Waals surface area contributed by atoms with E-state index < -0.39 is 24.1 Å². The van der Waals surface area contributed by atoms with Crippen molar-refractivity contribution >= 4 is 5.91 Å². The number of benzene rings is 1. The molecule has 0 heterocycles. The second-order valence-electron chi connectivity index (χ2n) is 3.81. The predicted octanol–water partition coefficient (Wildman–Crippen LogP) is 2.09. The minimum atomic E-state index is -4.86. The van der Waals surface area contributed by atoms with E-state index in [0.717, 1.165) is 6.07 Å². The van der Waals surface area contributed by atoms with E-state index in [1.807, 2.05) is 0 Å². The lowest BCUT2D eigenvalue weighted by molar-refractivity contribution is -0.274. The molecule has 0 fully saturated rings. The van der Waals surface area contributed by atoms with Gasteiger partial charge in [-0.15, -0.1) is 13.2 Å². The molecule has 1 aromatic carbocycles. The molecule has 7 heteroatoms. The van der Waals surface area contributed by atoms with Gasteiger partial charge in [0, 0.05) is 0 Å². The number of carbonyl (C=O) groups is 1. The molecule has 0 aliphatic rings. The molecule has 1 atom stereocenters. The van der Waals surface area contributed by atoms with Gasteiger partial charge in [0.25, 0.3) is 5.91 Å². The summed E-state index contributed by atoms with van der Waals surface area (Å²) in [4.78, 5) is 11.8. The Hall–Kier alpha value is -1.76. The van der Waals surface area contributed by atoms with Crippen molar-refractivity contribution in [2.75, 3.05) is 6.61 Å². The number of nitrogens with one attached hydrogen (secondary N) is 1. The molecular weight excluding hydrogens is 263 g/mol. The third-order valence-electron chi connectivity index (χ3n) is 2.41. The zero-order valence-electron chi connectivity index (χ0n) is 10.2. The molecule has 1 rings (SSSR count). The van der Waals surface area contributed by atoms with Gasteiger partial charge in [-0.05, 0) is 18.6 Å². The van der Waals surface area contributed by atoms with Gasteiger partial charge in [-0.1, -0.05) is 19.1 Å². The van der Waals surface area contributed by atoms with Crippen LogP contribution in [0.3, 0.4) is 0 Å². The van der Waals surface area contributed by atoms with Gasteiger partial charge in [0.2, 0.25) is 0 Å².